The number of piperidine rings is 1. The van der Waals surface area contributed by atoms with Gasteiger partial charge in [-0.1, -0.05) is 6.42 Å². The van der Waals surface area contributed by atoms with Crippen LogP contribution in [0.5, 0.6) is 0 Å². The molecule has 130 valence electrons. The van der Waals surface area contributed by atoms with Crippen molar-refractivity contribution in [2.24, 2.45) is 17.8 Å². The summed E-state index contributed by atoms with van der Waals surface area (Å²) in [6, 6.07) is 0. The molecule has 4 aliphatic rings. The van der Waals surface area contributed by atoms with E-state index in [4.69, 9.17) is 4.98 Å². The van der Waals surface area contributed by atoms with Crippen molar-refractivity contribution in [3.63, 3.8) is 0 Å². The van der Waals surface area contributed by atoms with Gasteiger partial charge in [0.25, 0.3) is 0 Å². The molecule has 1 amide bonds. The molecule has 2 aliphatic carbocycles. The quantitative estimate of drug-likeness (QED) is 0.844. The molecule has 2 saturated carbocycles. The third-order valence-corrected chi connectivity index (χ3v) is 7.32. The van der Waals surface area contributed by atoms with E-state index in [1.165, 1.54) is 43.6 Å². The molecule has 2 unspecified atom stereocenters. The monoisotopic (exact) mass is 346 g/mol. The zero-order valence-corrected chi connectivity index (χ0v) is 15.0. The van der Waals surface area contributed by atoms with E-state index in [2.05, 4.69) is 14.2 Å². The fourth-order valence-electron chi connectivity index (χ4n) is 4.85. The van der Waals surface area contributed by atoms with E-state index in [-0.39, 0.29) is 5.92 Å². The first-order valence-corrected chi connectivity index (χ1v) is 10.4. The van der Waals surface area contributed by atoms with Crippen LogP contribution in [-0.4, -0.2) is 46.3 Å². The molecule has 3 heterocycles. The summed E-state index contributed by atoms with van der Waals surface area (Å²) < 4.78 is 4.52. The Hall–Kier alpha value is -1.17. The first-order chi connectivity index (χ1) is 11.8. The third kappa shape index (κ3) is 2.72. The molecular formula is C18H26N4OS. The van der Waals surface area contributed by atoms with E-state index >= 15 is 0 Å². The van der Waals surface area contributed by atoms with Crippen molar-refractivity contribution in [2.45, 2.75) is 50.9 Å². The number of carbonyl (C=O) groups excluding carboxylic acids is 1. The van der Waals surface area contributed by atoms with Gasteiger partial charge >= 0.3 is 0 Å². The average molecular weight is 347 g/mol. The normalized spacial score (nSPS) is 30.8. The minimum Gasteiger partial charge on any atom is -0.347 e. The topological polar surface area (TPSA) is 49.3 Å². The summed E-state index contributed by atoms with van der Waals surface area (Å²) in [4.78, 5) is 22.1. The highest BCUT2D eigenvalue weighted by Crippen LogP contribution is 2.41. The summed E-state index contributed by atoms with van der Waals surface area (Å²) in [5.41, 5.74) is 0. The van der Waals surface area contributed by atoms with Crippen molar-refractivity contribution in [1.29, 1.82) is 0 Å². The standard InChI is InChI=1S/C18H26N4OS/c23-17(22-10-14-2-1-3-15(14)11-22)13-6-8-21(9-7-13)18-19-16(20-24-18)12-4-5-12/h12-15H,1-11H2. The van der Waals surface area contributed by atoms with Gasteiger partial charge in [0.1, 0.15) is 5.82 Å². The number of likely N-dealkylation sites (tertiary alicyclic amines) is 1. The molecule has 1 aromatic rings. The number of hydrogen-bond acceptors (Lipinski definition) is 5. The van der Waals surface area contributed by atoms with Crippen molar-refractivity contribution < 1.29 is 4.79 Å². The number of aromatic nitrogens is 2. The van der Waals surface area contributed by atoms with Crippen LogP contribution < -0.4 is 4.90 Å². The van der Waals surface area contributed by atoms with Gasteiger partial charge in [-0.3, -0.25) is 4.79 Å². The summed E-state index contributed by atoms with van der Waals surface area (Å²) in [5.74, 6) is 3.95. The van der Waals surface area contributed by atoms with Gasteiger partial charge in [-0.05, 0) is 50.4 Å². The zero-order valence-electron chi connectivity index (χ0n) is 14.2. The molecule has 6 heteroatoms. The molecule has 5 rings (SSSR count). The summed E-state index contributed by atoms with van der Waals surface area (Å²) in [5, 5.41) is 1.07. The predicted molar refractivity (Wildman–Crippen MR) is 94.2 cm³/mol. The SMILES string of the molecule is O=C(C1CCN(c2nc(C3CC3)ns2)CC1)N1CC2CCCC2C1. The van der Waals surface area contributed by atoms with Crippen LogP contribution in [-0.2, 0) is 4.79 Å². The Morgan fingerprint density at radius 3 is 2.38 bits per heavy atom. The number of anilines is 1. The van der Waals surface area contributed by atoms with Gasteiger partial charge in [-0.15, -0.1) is 0 Å². The Bertz CT molecular complexity index is 608. The fourth-order valence-corrected chi connectivity index (χ4v) is 5.65. The summed E-state index contributed by atoms with van der Waals surface area (Å²) in [7, 11) is 0. The number of nitrogens with zero attached hydrogens (tertiary/aromatic N) is 4. The molecule has 0 bridgehead atoms. The molecule has 0 radical (unpaired) electrons. The van der Waals surface area contributed by atoms with Gasteiger partial charge in [-0.2, -0.15) is 4.37 Å². The lowest BCUT2D eigenvalue weighted by molar-refractivity contribution is -0.135. The number of hydrogen-bond donors (Lipinski definition) is 0. The molecular weight excluding hydrogens is 320 g/mol. The smallest absolute Gasteiger partial charge is 0.225 e. The summed E-state index contributed by atoms with van der Waals surface area (Å²) in [6.45, 7) is 3.97. The lowest BCUT2D eigenvalue weighted by Crippen LogP contribution is -2.42. The first-order valence-electron chi connectivity index (χ1n) is 9.65. The van der Waals surface area contributed by atoms with E-state index in [0.717, 1.165) is 61.8 Å². The summed E-state index contributed by atoms with van der Waals surface area (Å²) in [6.07, 6.45) is 8.52. The minimum atomic E-state index is 0.232. The van der Waals surface area contributed by atoms with E-state index < -0.39 is 0 Å². The minimum absolute atomic E-state index is 0.232. The second kappa shape index (κ2) is 5.97. The number of carbonyl (C=O) groups is 1. The van der Waals surface area contributed by atoms with Gasteiger partial charge in [0.2, 0.25) is 11.0 Å². The van der Waals surface area contributed by atoms with Gasteiger partial charge in [0.05, 0.1) is 0 Å². The molecule has 0 N–H and O–H groups in total. The predicted octanol–water partition coefficient (Wildman–Crippen LogP) is 2.89. The molecule has 1 aromatic heterocycles. The van der Waals surface area contributed by atoms with E-state index in [0.29, 0.717) is 11.8 Å². The molecule has 0 spiro atoms. The summed E-state index contributed by atoms with van der Waals surface area (Å²) >= 11 is 1.54. The van der Waals surface area contributed by atoms with Gasteiger partial charge < -0.3 is 9.80 Å². The van der Waals surface area contributed by atoms with E-state index in [1.807, 2.05) is 0 Å². The molecule has 2 saturated heterocycles. The van der Waals surface area contributed by atoms with Crippen molar-refractivity contribution >= 4 is 22.6 Å². The maximum absolute atomic E-state index is 12.9. The lowest BCUT2D eigenvalue weighted by Gasteiger charge is -2.33. The second-order valence-electron chi connectivity index (χ2n) is 8.17. The Balaban J connectivity index is 1.17. The second-order valence-corrected chi connectivity index (χ2v) is 8.90. The molecule has 5 nitrogen and oxygen atoms in total. The number of amides is 1. The van der Waals surface area contributed by atoms with Crippen molar-refractivity contribution in [3.05, 3.63) is 5.82 Å². The van der Waals surface area contributed by atoms with Crippen molar-refractivity contribution in [3.8, 4) is 0 Å². The molecule has 24 heavy (non-hydrogen) atoms. The number of fused-ring (bicyclic) bond motifs is 1. The van der Waals surface area contributed by atoms with Crippen LogP contribution in [0.25, 0.3) is 0 Å². The van der Waals surface area contributed by atoms with Crippen LogP contribution in [0.2, 0.25) is 0 Å². The van der Waals surface area contributed by atoms with Crippen molar-refractivity contribution in [1.82, 2.24) is 14.3 Å². The Morgan fingerprint density at radius 1 is 1.00 bits per heavy atom. The van der Waals surface area contributed by atoms with E-state index in [9.17, 15) is 4.79 Å². The highest BCUT2D eigenvalue weighted by Gasteiger charge is 2.40. The highest BCUT2D eigenvalue weighted by molar-refractivity contribution is 7.09. The Kier molecular flexibility index (Phi) is 3.76. The van der Waals surface area contributed by atoms with Crippen LogP contribution in [0.1, 0.15) is 56.7 Å². The maximum atomic E-state index is 12.9. The average Bonchev–Trinajstić information content (AvgIpc) is 3.01. The maximum Gasteiger partial charge on any atom is 0.225 e. The van der Waals surface area contributed by atoms with Crippen LogP contribution in [0, 0.1) is 17.8 Å². The van der Waals surface area contributed by atoms with Crippen LogP contribution in [0.4, 0.5) is 5.13 Å². The lowest BCUT2D eigenvalue weighted by atomic mass is 9.95. The molecule has 0 aromatic carbocycles. The van der Waals surface area contributed by atoms with Gasteiger partial charge in [0, 0.05) is 49.5 Å². The fraction of sp³-hybridized carbons (Fsp3) is 0.833. The molecule has 4 fully saturated rings. The largest absolute Gasteiger partial charge is 0.347 e. The van der Waals surface area contributed by atoms with Crippen molar-refractivity contribution in [2.75, 3.05) is 31.1 Å². The van der Waals surface area contributed by atoms with Crippen LogP contribution >= 0.6 is 11.5 Å². The molecule has 2 aliphatic heterocycles. The van der Waals surface area contributed by atoms with Crippen LogP contribution in [0.3, 0.4) is 0 Å². The molecule has 2 atom stereocenters. The highest BCUT2D eigenvalue weighted by atomic mass is 32.1. The third-order valence-electron chi connectivity index (χ3n) is 6.53. The Morgan fingerprint density at radius 2 is 1.71 bits per heavy atom. The van der Waals surface area contributed by atoms with Crippen LogP contribution in [0.15, 0.2) is 0 Å². The van der Waals surface area contributed by atoms with E-state index in [1.54, 1.807) is 0 Å². The van der Waals surface area contributed by atoms with Gasteiger partial charge in [-0.25, -0.2) is 4.98 Å². The first kappa shape index (κ1) is 15.1. The zero-order chi connectivity index (χ0) is 16.1. The Labute approximate surface area is 147 Å². The number of rotatable bonds is 3. The van der Waals surface area contributed by atoms with Gasteiger partial charge in [0.15, 0.2) is 0 Å².